The van der Waals surface area contributed by atoms with Gasteiger partial charge in [-0.1, -0.05) is 0 Å². The molecule has 0 aromatic carbocycles. The van der Waals surface area contributed by atoms with Gasteiger partial charge in [-0.3, -0.25) is 9.59 Å². The van der Waals surface area contributed by atoms with Crippen molar-refractivity contribution in [2.75, 3.05) is 11.1 Å². The highest BCUT2D eigenvalue weighted by Gasteiger charge is 2.05. The first kappa shape index (κ1) is 11.4. The zero-order valence-electron chi connectivity index (χ0n) is 8.92. The number of aromatic nitrogens is 1. The molecule has 0 aliphatic heterocycles. The first-order valence-corrected chi connectivity index (χ1v) is 5.87. The molecule has 2 aromatic heterocycles. The minimum Gasteiger partial charge on any atom is -0.398 e. The van der Waals surface area contributed by atoms with E-state index in [9.17, 15) is 9.59 Å². The molecule has 0 saturated heterocycles. The van der Waals surface area contributed by atoms with Gasteiger partial charge in [0.2, 0.25) is 5.91 Å². The fraction of sp³-hybridized carbons (Fsp3) is 0.0909. The van der Waals surface area contributed by atoms with E-state index in [1.165, 1.54) is 34.2 Å². The minimum atomic E-state index is -0.254. The third kappa shape index (κ3) is 2.94. The lowest BCUT2D eigenvalue weighted by Crippen LogP contribution is -2.26. The fourth-order valence-electron chi connectivity index (χ4n) is 1.36. The Morgan fingerprint density at radius 1 is 1.41 bits per heavy atom. The van der Waals surface area contributed by atoms with E-state index in [0.717, 1.165) is 5.69 Å². The smallest absolute Gasteiger partial charge is 0.251 e. The number of rotatable bonds is 3. The van der Waals surface area contributed by atoms with Crippen molar-refractivity contribution < 1.29 is 4.79 Å². The summed E-state index contributed by atoms with van der Waals surface area (Å²) in [6.07, 6.45) is 1.45. The van der Waals surface area contributed by atoms with Crippen molar-refractivity contribution in [2.45, 2.75) is 6.54 Å². The number of nitrogen functional groups attached to an aromatic ring is 1. The number of nitrogens with zero attached hydrogens (tertiary/aromatic N) is 1. The van der Waals surface area contributed by atoms with Crippen molar-refractivity contribution in [2.24, 2.45) is 0 Å². The molecule has 0 aliphatic carbocycles. The maximum atomic E-state index is 11.6. The summed E-state index contributed by atoms with van der Waals surface area (Å²) >= 11 is 1.49. The predicted octanol–water partition coefficient (Wildman–Crippen LogP) is 1.13. The van der Waals surface area contributed by atoms with E-state index in [1.807, 2.05) is 10.8 Å². The van der Waals surface area contributed by atoms with Crippen molar-refractivity contribution in [3.05, 3.63) is 45.5 Å². The second-order valence-electron chi connectivity index (χ2n) is 3.49. The molecule has 3 N–H and O–H groups in total. The van der Waals surface area contributed by atoms with E-state index in [0.29, 0.717) is 5.69 Å². The third-order valence-electron chi connectivity index (χ3n) is 2.13. The van der Waals surface area contributed by atoms with Gasteiger partial charge in [-0.2, -0.15) is 11.3 Å². The number of nitrogens with one attached hydrogen (secondary N) is 1. The van der Waals surface area contributed by atoms with Crippen LogP contribution in [0.3, 0.4) is 0 Å². The van der Waals surface area contributed by atoms with Crippen LogP contribution in [0.15, 0.2) is 40.0 Å². The van der Waals surface area contributed by atoms with E-state index in [2.05, 4.69) is 5.32 Å². The molecule has 1 amide bonds. The molecule has 0 spiro atoms. The topological polar surface area (TPSA) is 77.1 Å². The molecule has 2 aromatic rings. The Kier molecular flexibility index (Phi) is 3.24. The number of carbonyl (C=O) groups excluding carboxylic acids is 1. The lowest BCUT2D eigenvalue weighted by molar-refractivity contribution is -0.116. The summed E-state index contributed by atoms with van der Waals surface area (Å²) in [5, 5.41) is 6.37. The number of nitrogens with two attached hydrogens (primary N) is 1. The van der Waals surface area contributed by atoms with Gasteiger partial charge in [0, 0.05) is 23.3 Å². The molecule has 0 aliphatic rings. The van der Waals surface area contributed by atoms with Crippen molar-refractivity contribution in [1.82, 2.24) is 4.57 Å². The quantitative estimate of drug-likeness (QED) is 0.856. The number of amides is 1. The molecular weight excluding hydrogens is 238 g/mol. The normalized spacial score (nSPS) is 10.1. The summed E-state index contributed by atoms with van der Waals surface area (Å²) in [7, 11) is 0. The molecule has 0 radical (unpaired) electrons. The maximum Gasteiger partial charge on any atom is 0.251 e. The average molecular weight is 249 g/mol. The van der Waals surface area contributed by atoms with Crippen LogP contribution in [0.5, 0.6) is 0 Å². The van der Waals surface area contributed by atoms with Crippen LogP contribution in [0.2, 0.25) is 0 Å². The van der Waals surface area contributed by atoms with Crippen LogP contribution >= 0.6 is 11.3 Å². The van der Waals surface area contributed by atoms with Gasteiger partial charge >= 0.3 is 0 Å². The fourth-order valence-corrected chi connectivity index (χ4v) is 1.95. The third-order valence-corrected chi connectivity index (χ3v) is 2.81. The van der Waals surface area contributed by atoms with E-state index < -0.39 is 0 Å². The lowest BCUT2D eigenvalue weighted by atomic mass is 10.4. The number of anilines is 2. The Balaban J connectivity index is 2.08. The number of hydrogen-bond donors (Lipinski definition) is 2. The van der Waals surface area contributed by atoms with Gasteiger partial charge < -0.3 is 15.6 Å². The zero-order valence-corrected chi connectivity index (χ0v) is 9.74. The Morgan fingerprint density at radius 3 is 2.94 bits per heavy atom. The first-order chi connectivity index (χ1) is 8.15. The molecule has 0 bridgehead atoms. The summed E-state index contributed by atoms with van der Waals surface area (Å²) in [6.45, 7) is -0.0419. The van der Waals surface area contributed by atoms with Gasteiger partial charge in [-0.25, -0.2) is 0 Å². The molecule has 6 heteroatoms. The summed E-state index contributed by atoms with van der Waals surface area (Å²) in [5.41, 5.74) is 6.48. The molecule has 2 heterocycles. The molecule has 2 rings (SSSR count). The van der Waals surface area contributed by atoms with Crippen LogP contribution in [0.1, 0.15) is 0 Å². The highest BCUT2D eigenvalue weighted by Crippen LogP contribution is 2.11. The molecule has 17 heavy (non-hydrogen) atoms. The van der Waals surface area contributed by atoms with Gasteiger partial charge in [-0.15, -0.1) is 0 Å². The predicted molar refractivity (Wildman–Crippen MR) is 68.1 cm³/mol. The van der Waals surface area contributed by atoms with Crippen molar-refractivity contribution >= 4 is 28.6 Å². The lowest BCUT2D eigenvalue weighted by Gasteiger charge is -2.06. The van der Waals surface area contributed by atoms with Crippen LogP contribution in [0.4, 0.5) is 11.4 Å². The molecule has 0 atom stereocenters. The van der Waals surface area contributed by atoms with Crippen molar-refractivity contribution in [1.29, 1.82) is 0 Å². The highest BCUT2D eigenvalue weighted by atomic mass is 32.1. The van der Waals surface area contributed by atoms with Gasteiger partial charge in [-0.05, 0) is 17.5 Å². The number of hydrogen-bond acceptors (Lipinski definition) is 4. The average Bonchev–Trinajstić information content (AvgIpc) is 2.76. The number of carbonyl (C=O) groups is 1. The molecule has 0 saturated carbocycles. The summed E-state index contributed by atoms with van der Waals surface area (Å²) in [5.74, 6) is -0.254. The Labute approximate surface area is 102 Å². The molecule has 0 fully saturated rings. The van der Waals surface area contributed by atoms with Crippen molar-refractivity contribution in [3.63, 3.8) is 0 Å². The van der Waals surface area contributed by atoms with Crippen LogP contribution in [-0.2, 0) is 11.3 Å². The highest BCUT2D eigenvalue weighted by molar-refractivity contribution is 7.08. The molecule has 88 valence electrons. The van der Waals surface area contributed by atoms with E-state index in [4.69, 9.17) is 5.73 Å². The van der Waals surface area contributed by atoms with Gasteiger partial charge in [0.1, 0.15) is 6.54 Å². The zero-order chi connectivity index (χ0) is 12.3. The second-order valence-corrected chi connectivity index (χ2v) is 4.27. The molecular formula is C11H11N3O2S. The van der Waals surface area contributed by atoms with E-state index in [-0.39, 0.29) is 18.0 Å². The summed E-state index contributed by atoms with van der Waals surface area (Å²) < 4.78 is 1.27. The Hall–Kier alpha value is -2.08. The Bertz CT molecular complexity index is 575. The van der Waals surface area contributed by atoms with E-state index in [1.54, 1.807) is 6.07 Å². The number of pyridine rings is 1. The first-order valence-electron chi connectivity index (χ1n) is 4.93. The largest absolute Gasteiger partial charge is 0.398 e. The van der Waals surface area contributed by atoms with Crippen LogP contribution in [0, 0.1) is 0 Å². The van der Waals surface area contributed by atoms with Crippen molar-refractivity contribution in [3.8, 4) is 0 Å². The minimum absolute atomic E-state index is 0.0419. The summed E-state index contributed by atoms with van der Waals surface area (Å²) in [6, 6.07) is 4.65. The Morgan fingerprint density at radius 2 is 2.24 bits per heavy atom. The van der Waals surface area contributed by atoms with Crippen LogP contribution in [-0.4, -0.2) is 10.5 Å². The molecule has 0 unspecified atom stereocenters. The van der Waals surface area contributed by atoms with Gasteiger partial charge in [0.15, 0.2) is 0 Å². The SMILES string of the molecule is Nc1ccc(=O)n(CC(=O)Nc2ccsc2)c1. The summed E-state index contributed by atoms with van der Waals surface area (Å²) in [4.78, 5) is 23.1. The van der Waals surface area contributed by atoms with Gasteiger partial charge in [0.25, 0.3) is 5.56 Å². The number of thiophene rings is 1. The van der Waals surface area contributed by atoms with Crippen LogP contribution in [0.25, 0.3) is 0 Å². The second kappa shape index (κ2) is 4.84. The van der Waals surface area contributed by atoms with E-state index >= 15 is 0 Å². The molecule has 5 nitrogen and oxygen atoms in total. The standard InChI is InChI=1S/C11H11N3O2S/c12-8-1-2-11(16)14(5-8)6-10(15)13-9-3-4-17-7-9/h1-5,7H,6,12H2,(H,13,15). The monoisotopic (exact) mass is 249 g/mol. The van der Waals surface area contributed by atoms with Crippen LogP contribution < -0.4 is 16.6 Å². The van der Waals surface area contributed by atoms with Gasteiger partial charge in [0.05, 0.1) is 5.69 Å². The maximum absolute atomic E-state index is 11.6.